The molecule has 0 radical (unpaired) electrons. The highest BCUT2D eigenvalue weighted by Gasteiger charge is 2.24. The maximum atomic E-state index is 12.1. The number of ether oxygens (including phenoxy) is 1. The first-order chi connectivity index (χ1) is 15.1. The first-order valence-corrected chi connectivity index (χ1v) is 10.1. The van der Waals surface area contributed by atoms with E-state index in [0.717, 1.165) is 5.56 Å². The van der Waals surface area contributed by atoms with Crippen LogP contribution in [0.2, 0.25) is 0 Å². The number of aromatic nitrogens is 6. The van der Waals surface area contributed by atoms with Crippen molar-refractivity contribution in [3.63, 3.8) is 0 Å². The zero-order valence-electron chi connectivity index (χ0n) is 18.9. The number of aryl methyl sites for hydroxylation is 1. The Morgan fingerprint density at radius 1 is 1.19 bits per heavy atom. The summed E-state index contributed by atoms with van der Waals surface area (Å²) in [6, 6.07) is 7.20. The number of rotatable bonds is 5. The van der Waals surface area contributed by atoms with E-state index in [0.29, 0.717) is 40.1 Å². The van der Waals surface area contributed by atoms with Crippen LogP contribution in [0.1, 0.15) is 48.1 Å². The van der Waals surface area contributed by atoms with Gasteiger partial charge in [0.1, 0.15) is 12.4 Å². The van der Waals surface area contributed by atoms with Gasteiger partial charge in [0.2, 0.25) is 11.7 Å². The van der Waals surface area contributed by atoms with Crippen molar-refractivity contribution in [3.8, 4) is 17.4 Å². The fourth-order valence-electron chi connectivity index (χ4n) is 3.13. The minimum Gasteiger partial charge on any atom is -0.470 e. The number of amides is 1. The molecule has 0 N–H and O–H groups in total. The monoisotopic (exact) mass is 435 g/mol. The SMILES string of the molecule is Cc1cc(-c2nnc3cc(C(C)(C)C)c(OCc4ccc(C(=O)N(C)C)cn4)nn23)no1. The lowest BCUT2D eigenvalue weighted by molar-refractivity contribution is 0.0827. The average Bonchev–Trinajstić information content (AvgIpc) is 3.36. The highest BCUT2D eigenvalue weighted by molar-refractivity contribution is 5.93. The minimum absolute atomic E-state index is 0.102. The highest BCUT2D eigenvalue weighted by Crippen LogP contribution is 2.32. The van der Waals surface area contributed by atoms with Gasteiger partial charge < -0.3 is 14.2 Å². The highest BCUT2D eigenvalue weighted by atomic mass is 16.5. The topological polar surface area (TPSA) is 112 Å². The Morgan fingerprint density at radius 2 is 1.97 bits per heavy atom. The van der Waals surface area contributed by atoms with Gasteiger partial charge in [-0.05, 0) is 30.5 Å². The number of carbonyl (C=O) groups is 1. The van der Waals surface area contributed by atoms with Crippen molar-refractivity contribution >= 4 is 11.6 Å². The van der Waals surface area contributed by atoms with E-state index in [1.807, 2.05) is 13.0 Å². The Labute approximate surface area is 185 Å². The van der Waals surface area contributed by atoms with Crippen LogP contribution >= 0.6 is 0 Å². The number of nitrogens with zero attached hydrogens (tertiary/aromatic N) is 7. The first kappa shape index (κ1) is 21.4. The summed E-state index contributed by atoms with van der Waals surface area (Å²) in [6.45, 7) is 8.23. The maximum absolute atomic E-state index is 12.1. The zero-order valence-corrected chi connectivity index (χ0v) is 18.9. The molecule has 4 aromatic rings. The summed E-state index contributed by atoms with van der Waals surface area (Å²) in [5, 5.41) is 17.2. The second-order valence-electron chi connectivity index (χ2n) is 8.76. The van der Waals surface area contributed by atoms with Gasteiger partial charge >= 0.3 is 0 Å². The second-order valence-corrected chi connectivity index (χ2v) is 8.76. The average molecular weight is 435 g/mol. The number of fused-ring (bicyclic) bond motifs is 1. The van der Waals surface area contributed by atoms with Gasteiger partial charge in [-0.25, -0.2) is 0 Å². The van der Waals surface area contributed by atoms with Crippen molar-refractivity contribution in [1.29, 1.82) is 0 Å². The van der Waals surface area contributed by atoms with Crippen molar-refractivity contribution in [1.82, 2.24) is 34.9 Å². The summed E-state index contributed by atoms with van der Waals surface area (Å²) < 4.78 is 12.8. The van der Waals surface area contributed by atoms with Crippen LogP contribution in [0.25, 0.3) is 17.2 Å². The van der Waals surface area contributed by atoms with Gasteiger partial charge in [0.05, 0.1) is 11.3 Å². The van der Waals surface area contributed by atoms with E-state index < -0.39 is 0 Å². The molecule has 0 saturated heterocycles. The van der Waals surface area contributed by atoms with Gasteiger partial charge in [-0.1, -0.05) is 25.9 Å². The van der Waals surface area contributed by atoms with E-state index >= 15 is 0 Å². The molecule has 0 aliphatic carbocycles. The van der Waals surface area contributed by atoms with Gasteiger partial charge in [-0.3, -0.25) is 9.78 Å². The number of hydrogen-bond donors (Lipinski definition) is 0. The van der Waals surface area contributed by atoms with Gasteiger partial charge in [0.25, 0.3) is 5.91 Å². The largest absolute Gasteiger partial charge is 0.470 e. The molecule has 4 rings (SSSR count). The molecule has 10 heteroatoms. The van der Waals surface area contributed by atoms with Crippen molar-refractivity contribution in [3.05, 3.63) is 53.0 Å². The summed E-state index contributed by atoms with van der Waals surface area (Å²) in [7, 11) is 3.41. The van der Waals surface area contributed by atoms with Crippen molar-refractivity contribution in [2.24, 2.45) is 0 Å². The summed E-state index contributed by atoms with van der Waals surface area (Å²) in [6.07, 6.45) is 1.55. The van der Waals surface area contributed by atoms with Crippen molar-refractivity contribution in [2.45, 2.75) is 39.7 Å². The summed E-state index contributed by atoms with van der Waals surface area (Å²) in [4.78, 5) is 17.9. The predicted molar refractivity (Wildman–Crippen MR) is 116 cm³/mol. The lowest BCUT2D eigenvalue weighted by Gasteiger charge is -2.21. The molecule has 0 fully saturated rings. The van der Waals surface area contributed by atoms with Gasteiger partial charge in [0, 0.05) is 31.9 Å². The van der Waals surface area contributed by atoms with E-state index in [1.165, 1.54) is 4.90 Å². The van der Waals surface area contributed by atoms with Crippen LogP contribution < -0.4 is 4.74 Å². The third-order valence-corrected chi connectivity index (χ3v) is 4.86. The lowest BCUT2D eigenvalue weighted by atomic mass is 9.88. The molecule has 4 aromatic heterocycles. The predicted octanol–water partition coefficient (Wildman–Crippen LogP) is 3.06. The quantitative estimate of drug-likeness (QED) is 0.470. The van der Waals surface area contributed by atoms with Gasteiger partial charge in [0.15, 0.2) is 11.3 Å². The maximum Gasteiger partial charge on any atom is 0.254 e. The van der Waals surface area contributed by atoms with Crippen LogP contribution in [0.3, 0.4) is 0 Å². The first-order valence-electron chi connectivity index (χ1n) is 10.1. The summed E-state index contributed by atoms with van der Waals surface area (Å²) >= 11 is 0. The standard InChI is InChI=1S/C22H25N7O3/c1-13-9-17(27-32-13)19-25-24-18-10-16(22(2,3)4)20(26-29(18)19)31-12-15-8-7-14(11-23-15)21(30)28(5)6/h7-11H,12H2,1-6H3. The molecule has 0 bridgehead atoms. The molecule has 0 aliphatic heterocycles. The third-order valence-electron chi connectivity index (χ3n) is 4.86. The molecule has 32 heavy (non-hydrogen) atoms. The van der Waals surface area contributed by atoms with Crippen LogP contribution in [0.5, 0.6) is 5.88 Å². The molecular formula is C22H25N7O3. The Balaban J connectivity index is 1.66. The Bertz CT molecular complexity index is 1270. The Kier molecular flexibility index (Phi) is 5.37. The fourth-order valence-corrected chi connectivity index (χ4v) is 3.13. The molecule has 0 saturated carbocycles. The smallest absolute Gasteiger partial charge is 0.254 e. The van der Waals surface area contributed by atoms with E-state index in [1.54, 1.807) is 43.0 Å². The molecule has 1 amide bonds. The molecule has 0 atom stereocenters. The fraction of sp³-hybridized carbons (Fsp3) is 0.364. The summed E-state index contributed by atoms with van der Waals surface area (Å²) in [5.74, 6) is 1.48. The molecular weight excluding hydrogens is 410 g/mol. The van der Waals surface area contributed by atoms with E-state index in [9.17, 15) is 4.79 Å². The van der Waals surface area contributed by atoms with Crippen LogP contribution in [0, 0.1) is 6.92 Å². The minimum atomic E-state index is -0.240. The number of carbonyl (C=O) groups excluding carboxylic acids is 1. The third kappa shape index (κ3) is 4.16. The molecule has 166 valence electrons. The zero-order chi connectivity index (χ0) is 23.0. The Hall–Kier alpha value is -3.82. The van der Waals surface area contributed by atoms with Crippen LogP contribution in [-0.2, 0) is 12.0 Å². The normalized spacial score (nSPS) is 11.7. The summed E-state index contributed by atoms with van der Waals surface area (Å²) in [5.41, 5.74) is 2.97. The van der Waals surface area contributed by atoms with E-state index in [2.05, 4.69) is 46.2 Å². The molecule has 4 heterocycles. The molecule has 10 nitrogen and oxygen atoms in total. The van der Waals surface area contributed by atoms with Crippen molar-refractivity contribution < 1.29 is 14.1 Å². The van der Waals surface area contributed by atoms with Crippen LogP contribution in [0.4, 0.5) is 0 Å². The Morgan fingerprint density at radius 3 is 2.56 bits per heavy atom. The molecule has 0 spiro atoms. The molecule has 0 aliphatic rings. The van der Waals surface area contributed by atoms with Crippen LogP contribution in [0.15, 0.2) is 35.0 Å². The van der Waals surface area contributed by atoms with Crippen molar-refractivity contribution in [2.75, 3.05) is 14.1 Å². The van der Waals surface area contributed by atoms with E-state index in [-0.39, 0.29) is 17.9 Å². The van der Waals surface area contributed by atoms with E-state index in [4.69, 9.17) is 9.26 Å². The lowest BCUT2D eigenvalue weighted by Crippen LogP contribution is -2.21. The van der Waals surface area contributed by atoms with Crippen LogP contribution in [-0.4, -0.2) is 54.9 Å². The van der Waals surface area contributed by atoms with Gasteiger partial charge in [-0.2, -0.15) is 4.52 Å². The number of pyridine rings is 1. The second kappa shape index (κ2) is 8.03. The van der Waals surface area contributed by atoms with Gasteiger partial charge in [-0.15, -0.1) is 15.3 Å². The molecule has 0 unspecified atom stereocenters. The molecule has 0 aromatic carbocycles. The number of hydrogen-bond acceptors (Lipinski definition) is 8.